The average molecular weight is 254 g/mol. The minimum Gasteiger partial charge on any atom is -0.386 e. The summed E-state index contributed by atoms with van der Waals surface area (Å²) in [6, 6.07) is 7.34. The van der Waals surface area contributed by atoms with Crippen molar-refractivity contribution in [2.24, 2.45) is 11.7 Å². The van der Waals surface area contributed by atoms with Crippen LogP contribution in [0.5, 0.6) is 0 Å². The van der Waals surface area contributed by atoms with Crippen molar-refractivity contribution in [3.05, 3.63) is 59.7 Å². The summed E-state index contributed by atoms with van der Waals surface area (Å²) in [6.45, 7) is 3.60. The summed E-state index contributed by atoms with van der Waals surface area (Å²) in [6.07, 6.45) is 7.86. The first-order valence-electron chi connectivity index (χ1n) is 6.31. The van der Waals surface area contributed by atoms with Crippen LogP contribution in [-0.4, -0.2) is 11.6 Å². The molecule has 1 aliphatic rings. The lowest BCUT2D eigenvalue weighted by atomic mass is 9.73. The van der Waals surface area contributed by atoms with Gasteiger partial charge in [-0.25, -0.2) is 0 Å². The molecular weight excluding hydrogens is 236 g/mol. The molecule has 1 aromatic rings. The summed E-state index contributed by atoms with van der Waals surface area (Å²) in [5, 5.41) is 7.94. The molecule has 3 nitrogen and oxygen atoms in total. The lowest BCUT2D eigenvalue weighted by molar-refractivity contribution is 0.101. The summed E-state index contributed by atoms with van der Waals surface area (Å²) in [5.41, 5.74) is 6.41. The fourth-order valence-electron chi connectivity index (χ4n) is 2.38. The first-order valence-corrected chi connectivity index (χ1v) is 6.31. The predicted octanol–water partition coefficient (Wildman–Crippen LogP) is 2.83. The number of ketones is 1. The van der Waals surface area contributed by atoms with Crippen molar-refractivity contribution in [2.45, 2.75) is 19.3 Å². The molecule has 0 aromatic heterocycles. The monoisotopic (exact) mass is 254 g/mol. The minimum atomic E-state index is -0.797. The van der Waals surface area contributed by atoms with E-state index in [-0.39, 0.29) is 11.6 Å². The molecule has 1 aliphatic carbocycles. The second-order valence-electron chi connectivity index (χ2n) is 4.96. The third-order valence-electron chi connectivity index (χ3n) is 3.52. The normalized spacial score (nSPS) is 25.3. The van der Waals surface area contributed by atoms with E-state index in [9.17, 15) is 4.79 Å². The van der Waals surface area contributed by atoms with Crippen molar-refractivity contribution in [3.63, 3.8) is 0 Å². The van der Waals surface area contributed by atoms with Gasteiger partial charge in [0.05, 0.1) is 5.41 Å². The molecule has 3 N–H and O–H groups in total. The van der Waals surface area contributed by atoms with E-state index in [1.54, 1.807) is 6.07 Å². The van der Waals surface area contributed by atoms with Gasteiger partial charge in [0.2, 0.25) is 0 Å². The predicted molar refractivity (Wildman–Crippen MR) is 77.5 cm³/mol. The van der Waals surface area contributed by atoms with Gasteiger partial charge in [0.15, 0.2) is 5.78 Å². The van der Waals surface area contributed by atoms with Gasteiger partial charge >= 0.3 is 0 Å². The number of hydrogen-bond donors (Lipinski definition) is 2. The quantitative estimate of drug-likeness (QED) is 0.377. The van der Waals surface area contributed by atoms with E-state index in [1.807, 2.05) is 42.5 Å². The number of carbonyl (C=O) groups excluding carboxylic acids is 1. The van der Waals surface area contributed by atoms with Gasteiger partial charge in [-0.1, -0.05) is 55.5 Å². The molecule has 0 saturated carbocycles. The Morgan fingerprint density at radius 3 is 2.37 bits per heavy atom. The van der Waals surface area contributed by atoms with Gasteiger partial charge in [-0.15, -0.1) is 0 Å². The first-order chi connectivity index (χ1) is 8.97. The number of benzene rings is 1. The molecule has 0 bridgehead atoms. The molecule has 0 radical (unpaired) electrons. The van der Waals surface area contributed by atoms with E-state index < -0.39 is 5.41 Å². The maximum atomic E-state index is 11.8. The van der Waals surface area contributed by atoms with Crippen LogP contribution in [0.25, 0.3) is 0 Å². The summed E-state index contributed by atoms with van der Waals surface area (Å²) in [5.74, 6) is 0.328. The number of allylic oxidation sites excluding steroid dienone is 2. The standard InChI is InChI=1S/C16H18N2O/c1-11-7-9-16(10-8-11,15(17)18)14-6-4-3-5-13(14)12(2)19/h3-11H,1-2H3,(H3,17,18). The number of nitrogens with one attached hydrogen (secondary N) is 1. The van der Waals surface area contributed by atoms with Crippen LogP contribution in [-0.2, 0) is 5.41 Å². The Labute approximate surface area is 113 Å². The van der Waals surface area contributed by atoms with Crippen molar-refractivity contribution in [2.75, 3.05) is 0 Å². The highest BCUT2D eigenvalue weighted by atomic mass is 16.1. The number of Topliss-reactive ketones (excluding diaryl/α,β-unsaturated/α-hetero) is 1. The smallest absolute Gasteiger partial charge is 0.160 e. The number of rotatable bonds is 3. The van der Waals surface area contributed by atoms with Crippen molar-refractivity contribution in [1.29, 1.82) is 5.41 Å². The van der Waals surface area contributed by atoms with Gasteiger partial charge in [-0.3, -0.25) is 10.2 Å². The Bertz CT molecular complexity index is 570. The molecular formula is C16H18N2O. The van der Waals surface area contributed by atoms with Crippen molar-refractivity contribution in [3.8, 4) is 0 Å². The molecule has 0 unspecified atom stereocenters. The second kappa shape index (κ2) is 4.84. The van der Waals surface area contributed by atoms with Crippen molar-refractivity contribution >= 4 is 11.6 Å². The summed E-state index contributed by atoms with van der Waals surface area (Å²) < 4.78 is 0. The Morgan fingerprint density at radius 1 is 1.26 bits per heavy atom. The minimum absolute atomic E-state index is 0.0170. The van der Waals surface area contributed by atoms with E-state index in [1.165, 1.54) is 6.92 Å². The SMILES string of the molecule is CC(=O)c1ccccc1C1(C(=N)N)C=CC(C)C=C1. The highest BCUT2D eigenvalue weighted by Gasteiger charge is 2.34. The molecule has 1 aromatic carbocycles. The van der Waals surface area contributed by atoms with Crippen LogP contribution in [0.15, 0.2) is 48.6 Å². The molecule has 0 saturated heterocycles. The van der Waals surface area contributed by atoms with Crippen LogP contribution in [0.3, 0.4) is 0 Å². The van der Waals surface area contributed by atoms with Gasteiger partial charge in [0, 0.05) is 5.56 Å². The zero-order chi connectivity index (χ0) is 14.0. The Morgan fingerprint density at radius 2 is 1.84 bits per heavy atom. The van der Waals surface area contributed by atoms with Crippen molar-refractivity contribution in [1.82, 2.24) is 0 Å². The Balaban J connectivity index is 2.66. The summed E-state index contributed by atoms with van der Waals surface area (Å²) >= 11 is 0. The zero-order valence-corrected chi connectivity index (χ0v) is 11.2. The number of carbonyl (C=O) groups is 1. The molecule has 19 heavy (non-hydrogen) atoms. The average Bonchev–Trinajstić information content (AvgIpc) is 2.39. The van der Waals surface area contributed by atoms with Crippen LogP contribution in [0, 0.1) is 11.3 Å². The topological polar surface area (TPSA) is 66.9 Å². The van der Waals surface area contributed by atoms with Crippen LogP contribution in [0.4, 0.5) is 0 Å². The fraction of sp³-hybridized carbons (Fsp3) is 0.250. The van der Waals surface area contributed by atoms with Crippen LogP contribution in [0.1, 0.15) is 29.8 Å². The van der Waals surface area contributed by atoms with Gasteiger partial charge in [-0.05, 0) is 18.4 Å². The van der Waals surface area contributed by atoms with E-state index in [2.05, 4.69) is 6.92 Å². The van der Waals surface area contributed by atoms with Gasteiger partial charge in [0.25, 0.3) is 0 Å². The molecule has 98 valence electrons. The van der Waals surface area contributed by atoms with Gasteiger partial charge in [-0.2, -0.15) is 0 Å². The number of hydrogen-bond acceptors (Lipinski definition) is 2. The first kappa shape index (κ1) is 13.3. The molecule has 0 fully saturated rings. The Hall–Kier alpha value is -2.16. The highest BCUT2D eigenvalue weighted by molar-refractivity contribution is 6.01. The molecule has 0 atom stereocenters. The third kappa shape index (κ3) is 2.24. The number of amidine groups is 1. The lowest BCUT2D eigenvalue weighted by Gasteiger charge is -2.31. The summed E-state index contributed by atoms with van der Waals surface area (Å²) in [4.78, 5) is 11.8. The van der Waals surface area contributed by atoms with E-state index >= 15 is 0 Å². The maximum absolute atomic E-state index is 11.8. The van der Waals surface area contributed by atoms with Crippen LogP contribution < -0.4 is 5.73 Å². The van der Waals surface area contributed by atoms with Crippen molar-refractivity contribution < 1.29 is 4.79 Å². The fourth-order valence-corrected chi connectivity index (χ4v) is 2.38. The van der Waals surface area contributed by atoms with Crippen LogP contribution in [0.2, 0.25) is 0 Å². The zero-order valence-electron chi connectivity index (χ0n) is 11.2. The molecule has 3 heteroatoms. The molecule has 0 heterocycles. The van der Waals surface area contributed by atoms with E-state index in [0.717, 1.165) is 5.56 Å². The van der Waals surface area contributed by atoms with E-state index in [4.69, 9.17) is 11.1 Å². The maximum Gasteiger partial charge on any atom is 0.160 e. The highest BCUT2D eigenvalue weighted by Crippen LogP contribution is 2.34. The van der Waals surface area contributed by atoms with Crippen LogP contribution >= 0.6 is 0 Å². The van der Waals surface area contributed by atoms with Gasteiger partial charge in [0.1, 0.15) is 5.84 Å². The molecule has 2 rings (SSSR count). The lowest BCUT2D eigenvalue weighted by Crippen LogP contribution is -2.39. The largest absolute Gasteiger partial charge is 0.386 e. The second-order valence-corrected chi connectivity index (χ2v) is 4.96. The summed E-state index contributed by atoms with van der Waals surface area (Å²) in [7, 11) is 0. The third-order valence-corrected chi connectivity index (χ3v) is 3.52. The Kier molecular flexibility index (Phi) is 3.38. The molecule has 0 aliphatic heterocycles. The molecule has 0 spiro atoms. The van der Waals surface area contributed by atoms with Gasteiger partial charge < -0.3 is 5.73 Å². The number of nitrogens with two attached hydrogens (primary N) is 1. The molecule has 0 amide bonds. The van der Waals surface area contributed by atoms with E-state index in [0.29, 0.717) is 11.5 Å².